The first-order chi connectivity index (χ1) is 12.5. The van der Waals surface area contributed by atoms with E-state index in [-0.39, 0.29) is 37.2 Å². The van der Waals surface area contributed by atoms with E-state index in [1.165, 1.54) is 19.2 Å². The van der Waals surface area contributed by atoms with Crippen LogP contribution >= 0.6 is 47.0 Å². The van der Waals surface area contributed by atoms with Gasteiger partial charge < -0.3 is 10.1 Å². The van der Waals surface area contributed by atoms with Crippen LogP contribution in [0, 0.1) is 0 Å². The van der Waals surface area contributed by atoms with Crippen molar-refractivity contribution < 1.29 is 22.7 Å². The number of hydrogen-bond acceptors (Lipinski definition) is 3. The van der Waals surface area contributed by atoms with Gasteiger partial charge in [0.05, 0.1) is 33.4 Å². The van der Waals surface area contributed by atoms with Gasteiger partial charge in [0.25, 0.3) is 5.91 Å². The zero-order valence-electron chi connectivity index (χ0n) is 13.4. The first-order valence-electron chi connectivity index (χ1n) is 7.05. The van der Waals surface area contributed by atoms with Crippen LogP contribution in [0.15, 0.2) is 30.3 Å². The first-order valence-corrected chi connectivity index (χ1v) is 8.59. The highest BCUT2D eigenvalue weighted by molar-refractivity contribution is 7.80. The summed E-state index contributed by atoms with van der Waals surface area (Å²) in [6, 6.07) is 5.34. The number of anilines is 1. The average molecular weight is 458 g/mol. The van der Waals surface area contributed by atoms with Gasteiger partial charge in [0.15, 0.2) is 10.9 Å². The second-order valence-corrected chi connectivity index (χ2v) is 6.70. The van der Waals surface area contributed by atoms with Gasteiger partial charge in [-0.25, -0.2) is 0 Å². The average Bonchev–Trinajstić information content (AvgIpc) is 2.55. The summed E-state index contributed by atoms with van der Waals surface area (Å²) >= 11 is 22.7. The van der Waals surface area contributed by atoms with Crippen molar-refractivity contribution in [1.29, 1.82) is 0 Å². The number of benzene rings is 2. The van der Waals surface area contributed by atoms with Crippen LogP contribution in [0.3, 0.4) is 0 Å². The minimum atomic E-state index is -4.52. The van der Waals surface area contributed by atoms with E-state index in [4.69, 9.17) is 51.8 Å². The van der Waals surface area contributed by atoms with Crippen molar-refractivity contribution in [2.45, 2.75) is 6.18 Å². The third kappa shape index (κ3) is 5.38. The predicted octanol–water partition coefficient (Wildman–Crippen LogP) is 5.80. The highest BCUT2D eigenvalue weighted by Crippen LogP contribution is 2.34. The second kappa shape index (κ2) is 8.52. The van der Waals surface area contributed by atoms with Crippen LogP contribution in [-0.4, -0.2) is 18.1 Å². The van der Waals surface area contributed by atoms with E-state index in [0.717, 1.165) is 18.2 Å². The Bertz CT molecular complexity index is 884. The zero-order chi connectivity index (χ0) is 20.4. The summed E-state index contributed by atoms with van der Waals surface area (Å²) in [4.78, 5) is 12.2. The summed E-state index contributed by atoms with van der Waals surface area (Å²) in [6.45, 7) is 0. The molecule has 0 radical (unpaired) electrons. The van der Waals surface area contributed by atoms with E-state index in [2.05, 4.69) is 10.6 Å². The lowest BCUT2D eigenvalue weighted by Gasteiger charge is -2.13. The van der Waals surface area contributed by atoms with E-state index in [9.17, 15) is 18.0 Å². The number of hydrogen-bond donors (Lipinski definition) is 2. The number of rotatable bonds is 3. The fraction of sp³-hybridized carbons (Fsp3) is 0.125. The molecule has 144 valence electrons. The molecule has 0 bridgehead atoms. The van der Waals surface area contributed by atoms with Crippen molar-refractivity contribution in [3.8, 4) is 5.75 Å². The molecule has 4 nitrogen and oxygen atoms in total. The van der Waals surface area contributed by atoms with Gasteiger partial charge in [-0.05, 0) is 42.5 Å². The number of carbonyl (C=O) groups excluding carboxylic acids is 1. The molecule has 11 heteroatoms. The minimum Gasteiger partial charge on any atom is -0.494 e. The van der Waals surface area contributed by atoms with E-state index in [0.29, 0.717) is 0 Å². The summed E-state index contributed by atoms with van der Waals surface area (Å²) in [7, 11) is 1.37. The Morgan fingerprint density at radius 1 is 1.07 bits per heavy atom. The molecule has 0 aliphatic rings. The fourth-order valence-corrected chi connectivity index (χ4v) is 3.08. The minimum absolute atomic E-state index is 0.0979. The molecule has 2 aromatic carbocycles. The number of methoxy groups -OCH3 is 1. The summed E-state index contributed by atoms with van der Waals surface area (Å²) in [5.41, 5.74) is -0.704. The molecule has 2 N–H and O–H groups in total. The second-order valence-electron chi connectivity index (χ2n) is 5.07. The van der Waals surface area contributed by atoms with Crippen molar-refractivity contribution in [1.82, 2.24) is 5.32 Å². The quantitative estimate of drug-likeness (QED) is 0.572. The van der Waals surface area contributed by atoms with E-state index in [1.807, 2.05) is 0 Å². The standard InChI is InChI=1S/C16H10Cl3F3N2O2S/c1-26-13-10(18)4-7(5-11(13)19)14(25)24-15(27)23-12-3-2-8(6-9(12)17)16(20,21)22/h2-6H,1H3,(H2,23,24,25,27). The lowest BCUT2D eigenvalue weighted by Crippen LogP contribution is -2.34. The number of amides is 1. The molecule has 0 fully saturated rings. The van der Waals surface area contributed by atoms with E-state index >= 15 is 0 Å². The highest BCUT2D eigenvalue weighted by atomic mass is 35.5. The van der Waals surface area contributed by atoms with Gasteiger partial charge in [-0.2, -0.15) is 13.2 Å². The summed E-state index contributed by atoms with van der Waals surface area (Å²) < 4.78 is 42.9. The summed E-state index contributed by atoms with van der Waals surface area (Å²) in [5.74, 6) is -0.422. The number of halogens is 6. The molecular weight excluding hydrogens is 448 g/mol. The molecule has 0 aliphatic heterocycles. The van der Waals surface area contributed by atoms with Gasteiger partial charge in [0, 0.05) is 5.56 Å². The molecule has 0 aromatic heterocycles. The molecule has 0 unspecified atom stereocenters. The van der Waals surface area contributed by atoms with Gasteiger partial charge in [-0.1, -0.05) is 34.8 Å². The molecule has 27 heavy (non-hydrogen) atoms. The largest absolute Gasteiger partial charge is 0.494 e. The lowest BCUT2D eigenvalue weighted by atomic mass is 10.2. The Balaban J connectivity index is 2.11. The molecule has 0 atom stereocenters. The highest BCUT2D eigenvalue weighted by Gasteiger charge is 2.31. The third-order valence-electron chi connectivity index (χ3n) is 3.24. The smallest absolute Gasteiger partial charge is 0.416 e. The predicted molar refractivity (Wildman–Crippen MR) is 103 cm³/mol. The molecule has 0 saturated carbocycles. The first kappa shape index (κ1) is 21.6. The molecule has 0 saturated heterocycles. The van der Waals surface area contributed by atoms with Crippen LogP contribution < -0.4 is 15.4 Å². The Morgan fingerprint density at radius 3 is 2.15 bits per heavy atom. The van der Waals surface area contributed by atoms with E-state index < -0.39 is 17.6 Å². The van der Waals surface area contributed by atoms with Crippen LogP contribution in [0.4, 0.5) is 18.9 Å². The maximum absolute atomic E-state index is 12.6. The van der Waals surface area contributed by atoms with Gasteiger partial charge in [0.2, 0.25) is 0 Å². The number of alkyl halides is 3. The molecule has 0 heterocycles. The van der Waals surface area contributed by atoms with Crippen molar-refractivity contribution in [3.63, 3.8) is 0 Å². The fourth-order valence-electron chi connectivity index (χ4n) is 2.01. The van der Waals surface area contributed by atoms with Crippen LogP contribution in [0.5, 0.6) is 5.75 Å². The molecule has 0 spiro atoms. The number of ether oxygens (including phenoxy) is 1. The Kier molecular flexibility index (Phi) is 6.80. The maximum Gasteiger partial charge on any atom is 0.416 e. The molecule has 0 aliphatic carbocycles. The van der Waals surface area contributed by atoms with Crippen molar-refractivity contribution in [2.24, 2.45) is 0 Å². The monoisotopic (exact) mass is 456 g/mol. The number of thiocarbonyl (C=S) groups is 1. The summed E-state index contributed by atoms with van der Waals surface area (Å²) in [6.07, 6.45) is -4.52. The molecule has 2 rings (SSSR count). The van der Waals surface area contributed by atoms with Crippen molar-refractivity contribution in [2.75, 3.05) is 12.4 Å². The lowest BCUT2D eigenvalue weighted by molar-refractivity contribution is -0.137. The third-order valence-corrected chi connectivity index (χ3v) is 4.31. The Hall–Kier alpha value is -1.74. The van der Waals surface area contributed by atoms with Gasteiger partial charge in [-0.3, -0.25) is 10.1 Å². The molecular formula is C16H10Cl3F3N2O2S. The van der Waals surface area contributed by atoms with Crippen LogP contribution in [0.1, 0.15) is 15.9 Å². The van der Waals surface area contributed by atoms with Crippen LogP contribution in [0.25, 0.3) is 0 Å². The van der Waals surface area contributed by atoms with Crippen molar-refractivity contribution >= 4 is 63.7 Å². The van der Waals surface area contributed by atoms with Gasteiger partial charge in [0.1, 0.15) is 0 Å². The Labute approximate surface area is 172 Å². The topological polar surface area (TPSA) is 50.4 Å². The number of nitrogens with one attached hydrogen (secondary N) is 2. The zero-order valence-corrected chi connectivity index (χ0v) is 16.5. The summed E-state index contributed by atoms with van der Waals surface area (Å²) in [5, 5.41) is 4.76. The van der Waals surface area contributed by atoms with Crippen LogP contribution in [0.2, 0.25) is 15.1 Å². The van der Waals surface area contributed by atoms with Crippen molar-refractivity contribution in [3.05, 3.63) is 56.5 Å². The van der Waals surface area contributed by atoms with Gasteiger partial charge >= 0.3 is 6.18 Å². The maximum atomic E-state index is 12.6. The molecule has 2 aromatic rings. The normalized spacial score (nSPS) is 11.1. The van der Waals surface area contributed by atoms with Crippen LogP contribution in [-0.2, 0) is 6.18 Å². The Morgan fingerprint density at radius 2 is 1.67 bits per heavy atom. The SMILES string of the molecule is COc1c(Cl)cc(C(=O)NC(=S)Nc2ccc(C(F)(F)F)cc2Cl)cc1Cl. The molecule has 1 amide bonds. The number of carbonyl (C=O) groups is 1. The van der Waals surface area contributed by atoms with Gasteiger partial charge in [-0.15, -0.1) is 0 Å². The van der Waals surface area contributed by atoms with E-state index in [1.54, 1.807) is 0 Å².